The van der Waals surface area contributed by atoms with Gasteiger partial charge < -0.3 is 0 Å². The smallest absolute Gasteiger partial charge is 0.164 e. The van der Waals surface area contributed by atoms with E-state index < -0.39 is 0 Å². The molecule has 5 heteroatoms. The van der Waals surface area contributed by atoms with Crippen molar-refractivity contribution in [2.45, 2.75) is 44.9 Å². The molecule has 4 nitrogen and oxygen atoms in total. The number of aromatic nitrogens is 4. The van der Waals surface area contributed by atoms with Crippen LogP contribution >= 0.6 is 0 Å². The molecule has 0 radical (unpaired) electrons. The minimum atomic E-state index is -0.334. The predicted molar refractivity (Wildman–Crippen MR) is 193 cm³/mol. The molecule has 5 aromatic carbocycles. The van der Waals surface area contributed by atoms with Crippen molar-refractivity contribution in [2.75, 3.05) is 0 Å². The molecule has 48 heavy (non-hydrogen) atoms. The summed E-state index contributed by atoms with van der Waals surface area (Å²) in [5, 5.41) is 1.09. The molecule has 0 fully saturated rings. The van der Waals surface area contributed by atoms with Crippen LogP contribution in [0.3, 0.4) is 0 Å². The molecule has 0 atom stereocenters. The molecule has 1 aliphatic carbocycles. The number of nitrogens with zero attached hydrogens (tertiary/aromatic N) is 4. The summed E-state index contributed by atoms with van der Waals surface area (Å²) in [4.78, 5) is 19.3. The predicted octanol–water partition coefficient (Wildman–Crippen LogP) is 10.9. The fourth-order valence-electron chi connectivity index (χ4n) is 7.54. The molecule has 0 saturated heterocycles. The molecular formula is C43H35FN4. The third kappa shape index (κ3) is 5.35. The molecule has 0 unspecified atom stereocenters. The van der Waals surface area contributed by atoms with Crippen LogP contribution in [0.2, 0.25) is 0 Å². The first-order chi connectivity index (χ1) is 23.1. The van der Waals surface area contributed by atoms with Crippen molar-refractivity contribution in [3.8, 4) is 56.4 Å². The van der Waals surface area contributed by atoms with Crippen LogP contribution in [0.15, 0.2) is 128 Å². The molecule has 0 saturated carbocycles. The fourth-order valence-corrected chi connectivity index (χ4v) is 7.54. The van der Waals surface area contributed by atoms with Crippen LogP contribution in [0.25, 0.3) is 67.3 Å². The van der Waals surface area contributed by atoms with Gasteiger partial charge in [-0.15, -0.1) is 0 Å². The Kier molecular flexibility index (Phi) is 7.03. The van der Waals surface area contributed by atoms with Gasteiger partial charge in [0, 0.05) is 33.8 Å². The summed E-state index contributed by atoms with van der Waals surface area (Å²) in [5.41, 5.74) is 9.99. The van der Waals surface area contributed by atoms with Crippen molar-refractivity contribution in [3.63, 3.8) is 0 Å². The van der Waals surface area contributed by atoms with Gasteiger partial charge in [-0.3, -0.25) is 4.98 Å². The van der Waals surface area contributed by atoms with Gasteiger partial charge in [0.2, 0.25) is 0 Å². The molecule has 8 rings (SSSR count). The monoisotopic (exact) mass is 626 g/mol. The molecule has 2 aromatic heterocycles. The number of pyridine rings is 1. The Morgan fingerprint density at radius 2 is 1.10 bits per heavy atom. The third-order valence-electron chi connectivity index (χ3n) is 9.61. The molecule has 234 valence electrons. The number of rotatable bonds is 5. The lowest BCUT2D eigenvalue weighted by Gasteiger charge is -2.22. The molecule has 0 amide bonds. The van der Waals surface area contributed by atoms with Gasteiger partial charge in [-0.2, -0.15) is 0 Å². The number of fused-ring (bicyclic) bond motifs is 2. The second-order valence-electron chi connectivity index (χ2n) is 14.1. The van der Waals surface area contributed by atoms with E-state index in [1.807, 2.05) is 60.8 Å². The first-order valence-corrected chi connectivity index (χ1v) is 16.4. The zero-order valence-corrected chi connectivity index (χ0v) is 27.5. The minimum absolute atomic E-state index is 0.0400. The van der Waals surface area contributed by atoms with E-state index in [-0.39, 0.29) is 16.6 Å². The Morgan fingerprint density at radius 1 is 0.500 bits per heavy atom. The van der Waals surface area contributed by atoms with Crippen molar-refractivity contribution in [3.05, 3.63) is 144 Å². The molecular weight excluding hydrogens is 591 g/mol. The van der Waals surface area contributed by atoms with Crippen LogP contribution in [0.4, 0.5) is 4.39 Å². The van der Waals surface area contributed by atoms with Gasteiger partial charge in [0.25, 0.3) is 0 Å². The second-order valence-corrected chi connectivity index (χ2v) is 14.1. The lowest BCUT2D eigenvalue weighted by Crippen LogP contribution is -2.17. The molecule has 1 aliphatic rings. The topological polar surface area (TPSA) is 51.6 Å². The molecule has 0 bridgehead atoms. The summed E-state index contributed by atoms with van der Waals surface area (Å²) in [6.07, 6.45) is 2.89. The number of para-hydroxylation sites is 1. The van der Waals surface area contributed by atoms with Crippen molar-refractivity contribution in [2.24, 2.45) is 0 Å². The Labute approximate surface area is 280 Å². The van der Waals surface area contributed by atoms with Gasteiger partial charge in [-0.05, 0) is 69.3 Å². The SMILES string of the molecule is CC1(C)CC(C)(C)c2cc(-c3cc(F)cc(-c4nc(-c5ccccc5)nc(-c5ccc(-c6cccc7cccnc67)cc5)n4)c3)ccc21. The first-order valence-electron chi connectivity index (χ1n) is 16.4. The highest BCUT2D eigenvalue weighted by Crippen LogP contribution is 2.50. The van der Waals surface area contributed by atoms with E-state index in [2.05, 4.69) is 87.3 Å². The maximum absolute atomic E-state index is 15.4. The molecule has 0 spiro atoms. The average Bonchev–Trinajstić information content (AvgIpc) is 3.30. The van der Waals surface area contributed by atoms with E-state index in [1.54, 1.807) is 6.07 Å². The van der Waals surface area contributed by atoms with E-state index in [1.165, 1.54) is 17.2 Å². The zero-order chi connectivity index (χ0) is 33.0. The number of halogens is 1. The summed E-state index contributed by atoms with van der Waals surface area (Å²) >= 11 is 0. The molecule has 7 aromatic rings. The number of hydrogen-bond donors (Lipinski definition) is 0. The van der Waals surface area contributed by atoms with Gasteiger partial charge in [0.05, 0.1) is 5.52 Å². The maximum atomic E-state index is 15.4. The number of hydrogen-bond acceptors (Lipinski definition) is 4. The Bertz CT molecular complexity index is 2320. The Morgan fingerprint density at radius 3 is 1.85 bits per heavy atom. The number of benzene rings is 5. The highest BCUT2D eigenvalue weighted by atomic mass is 19.1. The van der Waals surface area contributed by atoms with E-state index in [9.17, 15) is 0 Å². The van der Waals surface area contributed by atoms with Crippen molar-refractivity contribution >= 4 is 10.9 Å². The van der Waals surface area contributed by atoms with Crippen molar-refractivity contribution < 1.29 is 4.39 Å². The molecule has 2 heterocycles. The van der Waals surface area contributed by atoms with E-state index in [0.29, 0.717) is 23.0 Å². The lowest BCUT2D eigenvalue weighted by molar-refractivity contribution is 0.403. The third-order valence-corrected chi connectivity index (χ3v) is 9.61. The van der Waals surface area contributed by atoms with Crippen LogP contribution in [0.1, 0.15) is 45.2 Å². The van der Waals surface area contributed by atoms with E-state index in [0.717, 1.165) is 50.7 Å². The normalized spacial score (nSPS) is 14.6. The quantitative estimate of drug-likeness (QED) is 0.191. The lowest BCUT2D eigenvalue weighted by atomic mass is 9.82. The van der Waals surface area contributed by atoms with E-state index in [4.69, 9.17) is 15.0 Å². The van der Waals surface area contributed by atoms with Crippen LogP contribution in [0, 0.1) is 5.82 Å². The highest BCUT2D eigenvalue weighted by Gasteiger charge is 2.41. The highest BCUT2D eigenvalue weighted by molar-refractivity contribution is 5.93. The summed E-state index contributed by atoms with van der Waals surface area (Å²) < 4.78 is 15.4. The van der Waals surface area contributed by atoms with Crippen molar-refractivity contribution in [1.29, 1.82) is 0 Å². The van der Waals surface area contributed by atoms with Gasteiger partial charge in [-0.1, -0.05) is 125 Å². The Balaban J connectivity index is 1.22. The van der Waals surface area contributed by atoms with Crippen LogP contribution in [-0.2, 0) is 10.8 Å². The van der Waals surface area contributed by atoms with Crippen molar-refractivity contribution in [1.82, 2.24) is 19.9 Å². The van der Waals surface area contributed by atoms with Gasteiger partial charge in [-0.25, -0.2) is 19.3 Å². The summed E-state index contributed by atoms with van der Waals surface area (Å²) in [6, 6.07) is 39.9. The summed E-state index contributed by atoms with van der Waals surface area (Å²) in [6.45, 7) is 9.20. The minimum Gasteiger partial charge on any atom is -0.256 e. The second kappa shape index (κ2) is 11.3. The zero-order valence-electron chi connectivity index (χ0n) is 27.5. The largest absolute Gasteiger partial charge is 0.256 e. The van der Waals surface area contributed by atoms with Gasteiger partial charge >= 0.3 is 0 Å². The van der Waals surface area contributed by atoms with E-state index >= 15 is 4.39 Å². The van der Waals surface area contributed by atoms with Gasteiger partial charge in [0.15, 0.2) is 17.5 Å². The molecule has 0 aliphatic heterocycles. The fraction of sp³-hybridized carbons (Fsp3) is 0.163. The van der Waals surface area contributed by atoms with Crippen LogP contribution < -0.4 is 0 Å². The summed E-state index contributed by atoms with van der Waals surface area (Å²) in [7, 11) is 0. The summed E-state index contributed by atoms with van der Waals surface area (Å²) in [5.74, 6) is 1.14. The maximum Gasteiger partial charge on any atom is 0.164 e. The average molecular weight is 627 g/mol. The first kappa shape index (κ1) is 29.8. The molecule has 0 N–H and O–H groups in total. The standard InChI is InChI=1S/C43H35FN4/c1-42(2)26-43(3,4)37-25-31(19-20-36(37)42)32-22-33(24-34(44)23-32)41-47-39(29-10-6-5-7-11-29)46-40(48-41)30-17-15-27(16-18-30)35-14-8-12-28-13-9-21-45-38(28)35/h5-25H,26H2,1-4H3. The van der Waals surface area contributed by atoms with Crippen LogP contribution in [0.5, 0.6) is 0 Å². The van der Waals surface area contributed by atoms with Gasteiger partial charge in [0.1, 0.15) is 5.82 Å². The Hall–Kier alpha value is -5.55. The van der Waals surface area contributed by atoms with Crippen LogP contribution in [-0.4, -0.2) is 19.9 Å².